The minimum atomic E-state index is 0.671. The molecule has 1 saturated carbocycles. The fourth-order valence-electron chi connectivity index (χ4n) is 2.56. The van der Waals surface area contributed by atoms with E-state index in [1.165, 1.54) is 34.8 Å². The van der Waals surface area contributed by atoms with E-state index < -0.39 is 0 Å². The molecule has 0 aromatic heterocycles. The molecule has 0 heterocycles. The summed E-state index contributed by atoms with van der Waals surface area (Å²) in [5.41, 5.74) is 1.41. The summed E-state index contributed by atoms with van der Waals surface area (Å²) in [5, 5.41) is 0. The molecular weight excluding hydrogens is 389 g/mol. The number of nitrogens with zero attached hydrogens (tertiary/aromatic N) is 1. The summed E-state index contributed by atoms with van der Waals surface area (Å²) in [5.74, 6) is 0. The topological polar surface area (TPSA) is 3.24 Å². The molecule has 0 amide bonds. The normalized spacial score (nSPS) is 25.2. The van der Waals surface area contributed by atoms with E-state index in [1.807, 2.05) is 0 Å². The van der Waals surface area contributed by atoms with Crippen LogP contribution in [-0.2, 0) is 6.54 Å². The molecule has 0 spiro atoms. The molecular formula is C14H19BrIN. The molecule has 1 aromatic carbocycles. The Balaban J connectivity index is 1.95. The Kier molecular flexibility index (Phi) is 5.30. The van der Waals surface area contributed by atoms with Crippen LogP contribution in [0.15, 0.2) is 24.3 Å². The van der Waals surface area contributed by atoms with Gasteiger partial charge in [-0.25, -0.2) is 0 Å². The lowest BCUT2D eigenvalue weighted by Crippen LogP contribution is -2.40. The summed E-state index contributed by atoms with van der Waals surface area (Å²) in [6.07, 6.45) is 5.41. The maximum Gasteiger partial charge on any atom is 0.0301 e. The van der Waals surface area contributed by atoms with Gasteiger partial charge in [0.05, 0.1) is 0 Å². The second-order valence-corrected chi connectivity index (χ2v) is 7.33. The van der Waals surface area contributed by atoms with Gasteiger partial charge in [-0.1, -0.05) is 40.9 Å². The van der Waals surface area contributed by atoms with Gasteiger partial charge in [-0.3, -0.25) is 4.90 Å². The first kappa shape index (κ1) is 13.8. The zero-order valence-corrected chi connectivity index (χ0v) is 13.9. The smallest absolute Gasteiger partial charge is 0.0301 e. The van der Waals surface area contributed by atoms with Crippen LogP contribution in [0, 0.1) is 3.57 Å². The summed E-state index contributed by atoms with van der Waals surface area (Å²) < 4.78 is 1.31. The third-order valence-corrected chi connectivity index (χ3v) is 5.35. The van der Waals surface area contributed by atoms with Gasteiger partial charge >= 0.3 is 0 Å². The molecule has 0 bridgehead atoms. The third-order valence-electron chi connectivity index (χ3n) is 3.56. The van der Waals surface area contributed by atoms with Gasteiger partial charge in [-0.2, -0.15) is 0 Å². The summed E-state index contributed by atoms with van der Waals surface area (Å²) >= 11 is 6.19. The third kappa shape index (κ3) is 3.93. The molecule has 94 valence electrons. The molecule has 1 aromatic rings. The van der Waals surface area contributed by atoms with Crippen molar-refractivity contribution in [2.75, 3.05) is 7.05 Å². The second kappa shape index (κ2) is 6.53. The minimum absolute atomic E-state index is 0.671. The quantitative estimate of drug-likeness (QED) is 0.529. The van der Waals surface area contributed by atoms with Crippen molar-refractivity contribution in [1.29, 1.82) is 0 Å². The number of benzene rings is 1. The zero-order chi connectivity index (χ0) is 12.3. The van der Waals surface area contributed by atoms with E-state index in [2.05, 4.69) is 74.7 Å². The molecule has 0 N–H and O–H groups in total. The van der Waals surface area contributed by atoms with Crippen molar-refractivity contribution < 1.29 is 0 Å². The van der Waals surface area contributed by atoms with E-state index in [4.69, 9.17) is 0 Å². The molecule has 0 aliphatic heterocycles. The average molecular weight is 408 g/mol. The van der Waals surface area contributed by atoms with Crippen molar-refractivity contribution in [2.24, 2.45) is 0 Å². The Morgan fingerprint density at radius 3 is 2.53 bits per heavy atom. The lowest BCUT2D eigenvalue weighted by atomic mass is 9.94. The number of hydrogen-bond acceptors (Lipinski definition) is 1. The molecule has 1 aliphatic rings. The molecule has 1 aliphatic carbocycles. The molecule has 2 rings (SSSR count). The van der Waals surface area contributed by atoms with Crippen molar-refractivity contribution >= 4 is 38.5 Å². The number of rotatable bonds is 3. The summed E-state index contributed by atoms with van der Waals surface area (Å²) in [7, 11) is 2.25. The largest absolute Gasteiger partial charge is 0.298 e. The van der Waals surface area contributed by atoms with Crippen molar-refractivity contribution in [2.45, 2.75) is 43.1 Å². The van der Waals surface area contributed by atoms with E-state index in [1.54, 1.807) is 0 Å². The molecule has 3 heteroatoms. The Morgan fingerprint density at radius 2 is 1.88 bits per heavy atom. The highest BCUT2D eigenvalue weighted by Gasteiger charge is 2.25. The molecule has 17 heavy (non-hydrogen) atoms. The first-order valence-electron chi connectivity index (χ1n) is 6.25. The monoisotopic (exact) mass is 407 g/mol. The van der Waals surface area contributed by atoms with Crippen LogP contribution < -0.4 is 0 Å². The van der Waals surface area contributed by atoms with Gasteiger partial charge in [0.25, 0.3) is 0 Å². The molecule has 0 saturated heterocycles. The van der Waals surface area contributed by atoms with Gasteiger partial charge in [-0.05, 0) is 60.2 Å². The molecule has 2 unspecified atom stereocenters. The van der Waals surface area contributed by atoms with Gasteiger partial charge in [0, 0.05) is 21.0 Å². The average Bonchev–Trinajstić information content (AvgIpc) is 2.32. The van der Waals surface area contributed by atoms with Crippen molar-refractivity contribution in [3.63, 3.8) is 0 Å². The van der Waals surface area contributed by atoms with E-state index in [-0.39, 0.29) is 0 Å². The lowest BCUT2D eigenvalue weighted by molar-refractivity contribution is 0.193. The molecule has 0 radical (unpaired) electrons. The number of halogens is 2. The van der Waals surface area contributed by atoms with E-state index in [0.717, 1.165) is 6.54 Å². The molecule has 1 nitrogen and oxygen atoms in total. The van der Waals surface area contributed by atoms with E-state index in [9.17, 15) is 0 Å². The maximum absolute atomic E-state index is 3.84. The van der Waals surface area contributed by atoms with Gasteiger partial charge in [0.15, 0.2) is 0 Å². The summed E-state index contributed by atoms with van der Waals surface area (Å²) in [4.78, 5) is 3.17. The van der Waals surface area contributed by atoms with E-state index >= 15 is 0 Å². The van der Waals surface area contributed by atoms with Gasteiger partial charge in [0.2, 0.25) is 0 Å². The Morgan fingerprint density at radius 1 is 1.24 bits per heavy atom. The van der Waals surface area contributed by atoms with Crippen LogP contribution in [0.2, 0.25) is 0 Å². The Bertz CT molecular complexity index is 352. The number of alkyl halides is 1. The first-order valence-corrected chi connectivity index (χ1v) is 8.25. The summed E-state index contributed by atoms with van der Waals surface area (Å²) in [6.45, 7) is 1.06. The SMILES string of the molecule is CN(Cc1ccc(I)cc1)C1CCCCC1Br. The Labute approximate surface area is 126 Å². The van der Waals surface area contributed by atoms with Gasteiger partial charge in [0.1, 0.15) is 0 Å². The summed E-state index contributed by atoms with van der Waals surface area (Å²) in [6, 6.07) is 9.56. The van der Waals surface area contributed by atoms with Gasteiger partial charge in [-0.15, -0.1) is 0 Å². The predicted molar refractivity (Wildman–Crippen MR) is 85.6 cm³/mol. The van der Waals surface area contributed by atoms with Crippen molar-refractivity contribution in [3.8, 4) is 0 Å². The zero-order valence-electron chi connectivity index (χ0n) is 10.2. The van der Waals surface area contributed by atoms with Crippen LogP contribution in [0.3, 0.4) is 0 Å². The minimum Gasteiger partial charge on any atom is -0.298 e. The van der Waals surface area contributed by atoms with Crippen LogP contribution in [0.25, 0.3) is 0 Å². The molecule has 1 fully saturated rings. The highest BCUT2D eigenvalue weighted by atomic mass is 127. The standard InChI is InChI=1S/C14H19BrIN/c1-17(14-5-3-2-4-13(14)15)10-11-6-8-12(16)9-7-11/h6-9,13-14H,2-5,10H2,1H3. The first-order chi connectivity index (χ1) is 8.16. The highest BCUT2D eigenvalue weighted by Crippen LogP contribution is 2.28. The molecule has 2 atom stereocenters. The lowest BCUT2D eigenvalue weighted by Gasteiger charge is -2.35. The van der Waals surface area contributed by atoms with Crippen molar-refractivity contribution in [3.05, 3.63) is 33.4 Å². The second-order valence-electron chi connectivity index (χ2n) is 4.91. The van der Waals surface area contributed by atoms with Crippen molar-refractivity contribution in [1.82, 2.24) is 4.90 Å². The van der Waals surface area contributed by atoms with E-state index in [0.29, 0.717) is 10.9 Å². The van der Waals surface area contributed by atoms with Crippen LogP contribution in [0.4, 0.5) is 0 Å². The Hall–Kier alpha value is 0.390. The predicted octanol–water partition coefficient (Wildman–Crippen LogP) is 4.43. The van der Waals surface area contributed by atoms with Crippen LogP contribution in [0.1, 0.15) is 31.2 Å². The van der Waals surface area contributed by atoms with Crippen LogP contribution >= 0.6 is 38.5 Å². The van der Waals surface area contributed by atoms with Crippen LogP contribution in [-0.4, -0.2) is 22.8 Å². The highest BCUT2D eigenvalue weighted by molar-refractivity contribution is 14.1. The maximum atomic E-state index is 3.84. The fraction of sp³-hybridized carbons (Fsp3) is 0.571. The van der Waals surface area contributed by atoms with Gasteiger partial charge < -0.3 is 0 Å². The fourth-order valence-corrected chi connectivity index (χ4v) is 3.91. The number of hydrogen-bond donors (Lipinski definition) is 0. The van der Waals surface area contributed by atoms with Crippen LogP contribution in [0.5, 0.6) is 0 Å².